The third-order valence-electron chi connectivity index (χ3n) is 5.17. The van der Waals surface area contributed by atoms with Crippen LogP contribution in [0.4, 0.5) is 0 Å². The van der Waals surface area contributed by atoms with Gasteiger partial charge in [-0.05, 0) is 48.4 Å². The maximum Gasteiger partial charge on any atom is 0.338 e. The smallest absolute Gasteiger partial charge is 0.338 e. The second-order valence-corrected chi connectivity index (χ2v) is 8.74. The van der Waals surface area contributed by atoms with E-state index in [0.717, 1.165) is 11.1 Å². The molecule has 0 N–H and O–H groups in total. The van der Waals surface area contributed by atoms with E-state index in [1.807, 2.05) is 24.3 Å². The van der Waals surface area contributed by atoms with Gasteiger partial charge in [-0.25, -0.2) is 9.79 Å². The number of carbonyl (C=O) groups is 1. The standard InChI is InChI=1S/C25H21ClN2O4S/c1-4-13-32-24(30)21-15(2)27-25-28(22(21)17-7-11-19(31-3)12-8-17)23(29)20(33-25)14-16-5-9-18(26)10-6-16/h4-12,14,22H,1,13H2,2-3H3/b20-14+. The molecule has 1 aromatic heterocycles. The predicted molar refractivity (Wildman–Crippen MR) is 129 cm³/mol. The molecule has 4 rings (SSSR count). The van der Waals surface area contributed by atoms with Crippen molar-refractivity contribution in [2.45, 2.75) is 13.0 Å². The van der Waals surface area contributed by atoms with E-state index in [9.17, 15) is 9.59 Å². The Bertz CT molecular complexity index is 1420. The Morgan fingerprint density at radius 1 is 1.21 bits per heavy atom. The van der Waals surface area contributed by atoms with Gasteiger partial charge < -0.3 is 9.47 Å². The molecule has 2 aromatic carbocycles. The van der Waals surface area contributed by atoms with Crippen LogP contribution in [0.25, 0.3) is 6.08 Å². The molecule has 33 heavy (non-hydrogen) atoms. The van der Waals surface area contributed by atoms with Crippen LogP contribution in [0, 0.1) is 0 Å². The summed E-state index contributed by atoms with van der Waals surface area (Å²) >= 11 is 7.25. The van der Waals surface area contributed by atoms with Crippen LogP contribution in [-0.4, -0.2) is 24.3 Å². The molecule has 0 radical (unpaired) electrons. The van der Waals surface area contributed by atoms with Gasteiger partial charge in [0.15, 0.2) is 4.80 Å². The first-order valence-corrected chi connectivity index (χ1v) is 11.3. The Hall–Kier alpha value is -3.42. The Kier molecular flexibility index (Phi) is 6.62. The van der Waals surface area contributed by atoms with E-state index in [4.69, 9.17) is 21.1 Å². The number of rotatable bonds is 6. The van der Waals surface area contributed by atoms with Gasteiger partial charge in [-0.2, -0.15) is 0 Å². The number of benzene rings is 2. The summed E-state index contributed by atoms with van der Waals surface area (Å²) in [6, 6.07) is 13.8. The fourth-order valence-electron chi connectivity index (χ4n) is 3.61. The van der Waals surface area contributed by atoms with Crippen molar-refractivity contribution in [2.75, 3.05) is 13.7 Å². The number of fused-ring (bicyclic) bond motifs is 1. The van der Waals surface area contributed by atoms with E-state index in [-0.39, 0.29) is 12.2 Å². The van der Waals surface area contributed by atoms with Gasteiger partial charge in [0, 0.05) is 5.02 Å². The third-order valence-corrected chi connectivity index (χ3v) is 6.41. The van der Waals surface area contributed by atoms with E-state index < -0.39 is 12.0 Å². The van der Waals surface area contributed by atoms with Crippen molar-refractivity contribution in [1.29, 1.82) is 0 Å². The van der Waals surface area contributed by atoms with Crippen molar-refractivity contribution in [3.8, 4) is 5.75 Å². The van der Waals surface area contributed by atoms with Crippen molar-refractivity contribution in [1.82, 2.24) is 4.57 Å². The van der Waals surface area contributed by atoms with Gasteiger partial charge in [-0.3, -0.25) is 9.36 Å². The van der Waals surface area contributed by atoms with Gasteiger partial charge in [0.2, 0.25) is 0 Å². The number of hydrogen-bond donors (Lipinski definition) is 0. The van der Waals surface area contributed by atoms with Crippen LogP contribution in [0.5, 0.6) is 5.75 Å². The first kappa shape index (κ1) is 22.8. The Labute approximate surface area is 199 Å². The van der Waals surface area contributed by atoms with Crippen LogP contribution >= 0.6 is 22.9 Å². The van der Waals surface area contributed by atoms with Gasteiger partial charge in [0.05, 0.1) is 29.0 Å². The number of ether oxygens (including phenoxy) is 2. The normalized spacial score (nSPS) is 15.6. The highest BCUT2D eigenvalue weighted by Gasteiger charge is 2.33. The van der Waals surface area contributed by atoms with Gasteiger partial charge in [-0.15, -0.1) is 0 Å². The zero-order valence-electron chi connectivity index (χ0n) is 18.1. The predicted octanol–water partition coefficient (Wildman–Crippen LogP) is 3.63. The Morgan fingerprint density at radius 2 is 1.91 bits per heavy atom. The lowest BCUT2D eigenvalue weighted by molar-refractivity contribution is -0.138. The Balaban J connectivity index is 1.91. The number of aromatic nitrogens is 1. The molecule has 1 aliphatic heterocycles. The molecule has 2 heterocycles. The molecule has 6 nitrogen and oxygen atoms in total. The summed E-state index contributed by atoms with van der Waals surface area (Å²) in [6.45, 7) is 5.40. The number of thiazole rings is 1. The van der Waals surface area contributed by atoms with Crippen LogP contribution in [0.3, 0.4) is 0 Å². The summed E-state index contributed by atoms with van der Waals surface area (Å²) in [4.78, 5) is 31.6. The summed E-state index contributed by atoms with van der Waals surface area (Å²) in [6.07, 6.45) is 3.29. The minimum absolute atomic E-state index is 0.0614. The average molecular weight is 481 g/mol. The van der Waals surface area contributed by atoms with Crippen LogP contribution < -0.4 is 19.6 Å². The summed E-state index contributed by atoms with van der Waals surface area (Å²) < 4.78 is 12.6. The molecule has 0 aliphatic carbocycles. The van der Waals surface area contributed by atoms with E-state index >= 15 is 0 Å². The summed E-state index contributed by atoms with van der Waals surface area (Å²) in [5.74, 6) is 0.134. The monoisotopic (exact) mass is 480 g/mol. The van der Waals surface area contributed by atoms with E-state index in [0.29, 0.717) is 31.4 Å². The van der Waals surface area contributed by atoms with Crippen LogP contribution in [-0.2, 0) is 9.53 Å². The molecule has 0 saturated carbocycles. The van der Waals surface area contributed by atoms with Crippen molar-refractivity contribution in [3.63, 3.8) is 0 Å². The van der Waals surface area contributed by atoms with Crippen molar-refractivity contribution in [2.24, 2.45) is 4.99 Å². The van der Waals surface area contributed by atoms with Crippen LogP contribution in [0.15, 0.2) is 82.2 Å². The second kappa shape index (κ2) is 9.60. The maximum absolute atomic E-state index is 13.5. The Morgan fingerprint density at radius 3 is 2.55 bits per heavy atom. The zero-order chi connectivity index (χ0) is 23.5. The number of carbonyl (C=O) groups excluding carboxylic acids is 1. The van der Waals surface area contributed by atoms with E-state index in [1.165, 1.54) is 17.4 Å². The van der Waals surface area contributed by atoms with Crippen LogP contribution in [0.1, 0.15) is 24.1 Å². The molecule has 1 aliphatic rings. The first-order chi connectivity index (χ1) is 15.9. The lowest BCUT2D eigenvalue weighted by atomic mass is 9.96. The zero-order valence-corrected chi connectivity index (χ0v) is 19.7. The molecule has 1 unspecified atom stereocenters. The minimum Gasteiger partial charge on any atom is -0.497 e. The highest BCUT2D eigenvalue weighted by molar-refractivity contribution is 7.07. The molecule has 0 saturated heterocycles. The second-order valence-electron chi connectivity index (χ2n) is 7.29. The topological polar surface area (TPSA) is 69.9 Å². The number of methoxy groups -OCH3 is 1. The van der Waals surface area contributed by atoms with Crippen LogP contribution in [0.2, 0.25) is 5.02 Å². The maximum atomic E-state index is 13.5. The lowest BCUT2D eigenvalue weighted by Crippen LogP contribution is -2.39. The number of nitrogens with zero attached hydrogens (tertiary/aromatic N) is 2. The highest BCUT2D eigenvalue weighted by Crippen LogP contribution is 2.31. The molecule has 1 atom stereocenters. The molecule has 0 spiro atoms. The largest absolute Gasteiger partial charge is 0.497 e. The molecule has 0 amide bonds. The number of allylic oxidation sites excluding steroid dienone is 1. The quantitative estimate of drug-likeness (QED) is 0.399. The lowest BCUT2D eigenvalue weighted by Gasteiger charge is -2.24. The molecule has 168 valence electrons. The van der Waals surface area contributed by atoms with Crippen molar-refractivity contribution in [3.05, 3.63) is 108 Å². The molecule has 0 bridgehead atoms. The fraction of sp³-hybridized carbons (Fsp3) is 0.160. The SMILES string of the molecule is C=CCOC(=O)C1=C(C)N=c2s/c(=C/c3ccc(Cl)cc3)c(=O)n2C1c1ccc(OC)cc1. The molecular formula is C25H21ClN2O4S. The van der Waals surface area contributed by atoms with Crippen molar-refractivity contribution < 1.29 is 14.3 Å². The number of esters is 1. The highest BCUT2D eigenvalue weighted by atomic mass is 35.5. The molecule has 0 fully saturated rings. The van der Waals surface area contributed by atoms with Gasteiger partial charge >= 0.3 is 5.97 Å². The first-order valence-electron chi connectivity index (χ1n) is 10.1. The van der Waals surface area contributed by atoms with Crippen molar-refractivity contribution >= 4 is 35.0 Å². The molecular weight excluding hydrogens is 460 g/mol. The summed E-state index contributed by atoms with van der Waals surface area (Å²) in [5.41, 5.74) is 2.16. The van der Waals surface area contributed by atoms with Gasteiger partial charge in [0.1, 0.15) is 12.4 Å². The molecule has 8 heteroatoms. The average Bonchev–Trinajstić information content (AvgIpc) is 3.12. The summed E-state index contributed by atoms with van der Waals surface area (Å²) in [5, 5.41) is 0.617. The molecule has 3 aromatic rings. The van der Waals surface area contributed by atoms with E-state index in [1.54, 1.807) is 48.9 Å². The number of halogens is 1. The number of hydrogen-bond acceptors (Lipinski definition) is 6. The van der Waals surface area contributed by atoms with Gasteiger partial charge in [0.25, 0.3) is 5.56 Å². The minimum atomic E-state index is -0.683. The third kappa shape index (κ3) is 4.55. The van der Waals surface area contributed by atoms with E-state index in [2.05, 4.69) is 11.6 Å². The van der Waals surface area contributed by atoms with Gasteiger partial charge in [-0.1, -0.05) is 59.9 Å². The fourth-order valence-corrected chi connectivity index (χ4v) is 4.78. The summed E-state index contributed by atoms with van der Waals surface area (Å²) in [7, 11) is 1.58.